The minimum absolute atomic E-state index is 0.0427. The van der Waals surface area contributed by atoms with E-state index in [0.717, 1.165) is 11.3 Å². The van der Waals surface area contributed by atoms with Crippen LogP contribution in [0.2, 0.25) is 5.02 Å². The molecule has 2 aromatic carbocycles. The van der Waals surface area contributed by atoms with Crippen molar-refractivity contribution in [1.82, 2.24) is 5.32 Å². The maximum absolute atomic E-state index is 13.6. The minimum Gasteiger partial charge on any atom is -0.503 e. The summed E-state index contributed by atoms with van der Waals surface area (Å²) in [5, 5.41) is 13.8. The highest BCUT2D eigenvalue weighted by Gasteiger charge is 2.43. The molecule has 0 aromatic heterocycles. The molecule has 0 bridgehead atoms. The highest BCUT2D eigenvalue weighted by Crippen LogP contribution is 2.49. The van der Waals surface area contributed by atoms with Gasteiger partial charge in [-0.3, -0.25) is 4.79 Å². The summed E-state index contributed by atoms with van der Waals surface area (Å²) in [7, 11) is 1.59. The van der Waals surface area contributed by atoms with E-state index in [4.69, 9.17) is 25.8 Å². The molecule has 2 N–H and O–H groups in total. The lowest BCUT2D eigenvalue weighted by molar-refractivity contribution is -0.140. The number of carbonyl (C=O) groups is 2. The summed E-state index contributed by atoms with van der Waals surface area (Å²) in [6, 6.07) is 10.5. The van der Waals surface area contributed by atoms with Gasteiger partial charge >= 0.3 is 5.97 Å². The number of benzene rings is 2. The van der Waals surface area contributed by atoms with Crippen LogP contribution in [0.25, 0.3) is 0 Å². The van der Waals surface area contributed by atoms with Crippen LogP contribution in [0.1, 0.15) is 57.6 Å². The van der Waals surface area contributed by atoms with E-state index < -0.39 is 11.9 Å². The molecule has 7 nitrogen and oxygen atoms in total. The van der Waals surface area contributed by atoms with Crippen molar-refractivity contribution < 1.29 is 28.9 Å². The van der Waals surface area contributed by atoms with Gasteiger partial charge in [-0.2, -0.15) is 0 Å². The molecule has 37 heavy (non-hydrogen) atoms. The lowest BCUT2D eigenvalue weighted by Gasteiger charge is -2.39. The molecule has 1 atom stereocenters. The number of phenolic OH excluding ortho intramolecular Hbond substituents is 1. The molecule has 0 saturated carbocycles. The highest BCUT2D eigenvalue weighted by atomic mass is 35.5. The number of nitrogens with one attached hydrogen (secondary N) is 1. The van der Waals surface area contributed by atoms with Gasteiger partial charge in [-0.25, -0.2) is 4.79 Å². The van der Waals surface area contributed by atoms with Gasteiger partial charge < -0.3 is 24.6 Å². The van der Waals surface area contributed by atoms with Gasteiger partial charge in [0.25, 0.3) is 0 Å². The van der Waals surface area contributed by atoms with Gasteiger partial charge in [0.2, 0.25) is 0 Å². The van der Waals surface area contributed by atoms with Crippen molar-refractivity contribution in [2.24, 2.45) is 5.41 Å². The van der Waals surface area contributed by atoms with Crippen LogP contribution in [0.4, 0.5) is 0 Å². The highest BCUT2D eigenvalue weighted by molar-refractivity contribution is 6.32. The van der Waals surface area contributed by atoms with E-state index in [-0.39, 0.29) is 34.3 Å². The molecule has 1 aliphatic heterocycles. The van der Waals surface area contributed by atoms with Crippen molar-refractivity contribution >= 4 is 23.4 Å². The number of esters is 1. The van der Waals surface area contributed by atoms with Crippen LogP contribution in [0.3, 0.4) is 0 Å². The van der Waals surface area contributed by atoms with Crippen molar-refractivity contribution in [3.63, 3.8) is 0 Å². The topological polar surface area (TPSA) is 94.1 Å². The number of carbonyl (C=O) groups excluding carboxylic acids is 2. The molecule has 0 spiro atoms. The Bertz CT molecular complexity index is 1290. The Hall–Kier alpha value is -3.45. The fourth-order valence-electron chi connectivity index (χ4n) is 5.01. The molecule has 1 heterocycles. The number of ketones is 1. The summed E-state index contributed by atoms with van der Waals surface area (Å²) in [6.45, 7) is 8.07. The first-order valence-electron chi connectivity index (χ1n) is 12.2. The van der Waals surface area contributed by atoms with E-state index >= 15 is 0 Å². The van der Waals surface area contributed by atoms with Crippen molar-refractivity contribution in [3.05, 3.63) is 75.1 Å². The van der Waals surface area contributed by atoms with E-state index in [1.807, 2.05) is 26.0 Å². The van der Waals surface area contributed by atoms with Gasteiger partial charge in [-0.15, -0.1) is 0 Å². The predicted octanol–water partition coefficient (Wildman–Crippen LogP) is 5.80. The maximum Gasteiger partial charge on any atom is 0.337 e. The van der Waals surface area contributed by atoms with Crippen molar-refractivity contribution in [2.75, 3.05) is 13.7 Å². The third-order valence-corrected chi connectivity index (χ3v) is 6.96. The average molecular weight is 526 g/mol. The van der Waals surface area contributed by atoms with Crippen LogP contribution in [0.5, 0.6) is 17.2 Å². The molecule has 0 unspecified atom stereocenters. The number of Topliss-reactive ketones (excluding diaryl/α,β-unsaturated/α-hetero) is 1. The monoisotopic (exact) mass is 525 g/mol. The molecule has 2 aromatic rings. The fraction of sp³-hybridized carbons (Fsp3) is 0.379. The Balaban J connectivity index is 1.76. The first kappa shape index (κ1) is 26.6. The Labute approximate surface area is 222 Å². The Kier molecular flexibility index (Phi) is 7.55. The molecule has 4 rings (SSSR count). The Morgan fingerprint density at radius 1 is 1.19 bits per heavy atom. The molecular weight excluding hydrogens is 494 g/mol. The number of rotatable bonds is 7. The molecule has 1 aliphatic carbocycles. The van der Waals surface area contributed by atoms with Gasteiger partial charge in [0.15, 0.2) is 17.3 Å². The number of halogens is 1. The van der Waals surface area contributed by atoms with Crippen LogP contribution < -0.4 is 14.8 Å². The number of phenols is 1. The summed E-state index contributed by atoms with van der Waals surface area (Å²) in [5.41, 5.74) is 3.39. The zero-order valence-electron chi connectivity index (χ0n) is 21.7. The molecule has 0 radical (unpaired) electrons. The van der Waals surface area contributed by atoms with Crippen LogP contribution in [-0.2, 0) is 20.9 Å². The van der Waals surface area contributed by atoms with E-state index in [0.29, 0.717) is 47.6 Å². The van der Waals surface area contributed by atoms with Crippen LogP contribution in [0.15, 0.2) is 58.9 Å². The zero-order valence-corrected chi connectivity index (χ0v) is 22.5. The first-order chi connectivity index (χ1) is 17.5. The molecule has 8 heteroatoms. The first-order valence-corrected chi connectivity index (χ1v) is 12.6. The van der Waals surface area contributed by atoms with E-state index in [1.54, 1.807) is 45.2 Å². The number of allylic oxidation sites excluding steroid dienone is 3. The number of hydrogen-bond donors (Lipinski definition) is 2. The zero-order chi connectivity index (χ0) is 26.9. The van der Waals surface area contributed by atoms with Gasteiger partial charge in [-0.1, -0.05) is 37.6 Å². The SMILES string of the molecule is CCOc1cc([C@H]2C(C(=O)OCc3ccc(OC)cc3)=C(C)NC3=C2C(=O)CC(C)(C)C3)cc(Cl)c1O. The molecule has 196 valence electrons. The molecule has 0 amide bonds. The summed E-state index contributed by atoms with van der Waals surface area (Å²) >= 11 is 6.37. The van der Waals surface area contributed by atoms with E-state index in [2.05, 4.69) is 5.32 Å². The van der Waals surface area contributed by atoms with E-state index in [9.17, 15) is 14.7 Å². The summed E-state index contributed by atoms with van der Waals surface area (Å²) in [5.74, 6) is -0.594. The second-order valence-corrected chi connectivity index (χ2v) is 10.5. The van der Waals surface area contributed by atoms with Crippen molar-refractivity contribution in [1.29, 1.82) is 0 Å². The lowest BCUT2D eigenvalue weighted by atomic mass is 9.68. The average Bonchev–Trinajstić information content (AvgIpc) is 2.84. The fourth-order valence-corrected chi connectivity index (χ4v) is 5.23. The van der Waals surface area contributed by atoms with Crippen LogP contribution in [-0.4, -0.2) is 30.6 Å². The predicted molar refractivity (Wildman–Crippen MR) is 141 cm³/mol. The third kappa shape index (κ3) is 5.47. The van der Waals surface area contributed by atoms with Crippen LogP contribution in [0, 0.1) is 5.41 Å². The molecule has 0 saturated heterocycles. The smallest absolute Gasteiger partial charge is 0.337 e. The quantitative estimate of drug-likeness (QED) is 0.441. The third-order valence-electron chi connectivity index (χ3n) is 6.67. The summed E-state index contributed by atoms with van der Waals surface area (Å²) < 4.78 is 16.5. The summed E-state index contributed by atoms with van der Waals surface area (Å²) in [4.78, 5) is 27.1. The van der Waals surface area contributed by atoms with Gasteiger partial charge in [0.05, 0.1) is 24.3 Å². The number of aromatic hydroxyl groups is 1. The van der Waals surface area contributed by atoms with Gasteiger partial charge in [-0.05, 0) is 61.1 Å². The standard InChI is InChI=1S/C29H32ClNO6/c1-6-36-23-12-18(11-20(30)27(23)33)25-24(28(34)37-15-17-7-9-19(35-5)10-8-17)16(2)31-21-13-29(3,4)14-22(32)26(21)25/h7-12,25,31,33H,6,13-15H2,1-5H3/t25-/m0/s1. The Morgan fingerprint density at radius 3 is 2.54 bits per heavy atom. The second-order valence-electron chi connectivity index (χ2n) is 10.1. The van der Waals surface area contributed by atoms with Crippen molar-refractivity contribution in [3.8, 4) is 17.2 Å². The molecule has 0 fully saturated rings. The van der Waals surface area contributed by atoms with Gasteiger partial charge in [0.1, 0.15) is 12.4 Å². The largest absolute Gasteiger partial charge is 0.503 e. The van der Waals surface area contributed by atoms with E-state index in [1.165, 1.54) is 0 Å². The summed E-state index contributed by atoms with van der Waals surface area (Å²) in [6.07, 6.45) is 1.00. The second kappa shape index (κ2) is 10.5. The number of methoxy groups -OCH3 is 1. The number of hydrogen-bond acceptors (Lipinski definition) is 7. The number of ether oxygens (including phenoxy) is 3. The lowest BCUT2D eigenvalue weighted by Crippen LogP contribution is -2.38. The maximum atomic E-state index is 13.6. The Morgan fingerprint density at radius 2 is 1.89 bits per heavy atom. The molecular formula is C29H32ClNO6. The normalized spacial score (nSPS) is 18.8. The number of dihydropyridines is 1. The van der Waals surface area contributed by atoms with Gasteiger partial charge in [0, 0.05) is 29.3 Å². The van der Waals surface area contributed by atoms with Crippen molar-refractivity contribution in [2.45, 2.75) is 53.1 Å². The minimum atomic E-state index is -0.722. The van der Waals surface area contributed by atoms with Crippen LogP contribution >= 0.6 is 11.6 Å². The molecule has 2 aliphatic rings.